The number of aryl methyl sites for hydroxylation is 1. The molecular weight excluding hydrogens is 242 g/mol. The Morgan fingerprint density at radius 1 is 1.05 bits per heavy atom. The Kier molecular flexibility index (Phi) is 8.09. The van der Waals surface area contributed by atoms with E-state index in [0.717, 1.165) is 37.5 Å². The van der Waals surface area contributed by atoms with Crippen molar-refractivity contribution in [3.63, 3.8) is 0 Å². The van der Waals surface area contributed by atoms with Crippen molar-refractivity contribution in [3.05, 3.63) is 17.6 Å². The molecule has 0 spiro atoms. The minimum atomic E-state index is 0.429. The number of nitrogens with one attached hydrogen (secondary N) is 1. The summed E-state index contributed by atoms with van der Waals surface area (Å²) >= 11 is 0. The topological polar surface area (TPSA) is 56.3 Å². The molecule has 5 nitrogen and oxygen atoms in total. The summed E-state index contributed by atoms with van der Waals surface area (Å²) in [6.07, 6.45) is 2.11. The highest BCUT2D eigenvalue weighted by Crippen LogP contribution is 2.07. The van der Waals surface area contributed by atoms with Crippen molar-refractivity contribution in [3.8, 4) is 0 Å². The first-order valence-electron chi connectivity index (χ1n) is 7.00. The Morgan fingerprint density at radius 2 is 1.84 bits per heavy atom. The van der Waals surface area contributed by atoms with Crippen molar-refractivity contribution in [2.45, 2.75) is 40.2 Å². The van der Waals surface area contributed by atoms with E-state index in [0.29, 0.717) is 25.6 Å². The molecule has 108 valence electrons. The molecule has 1 rings (SSSR count). The average molecular weight is 267 g/mol. The van der Waals surface area contributed by atoms with Crippen LogP contribution >= 0.6 is 0 Å². The van der Waals surface area contributed by atoms with Crippen molar-refractivity contribution in [1.29, 1.82) is 0 Å². The fraction of sp³-hybridized carbons (Fsp3) is 0.714. The van der Waals surface area contributed by atoms with Crippen LogP contribution < -0.4 is 5.32 Å². The first kappa shape index (κ1) is 15.9. The fourth-order valence-corrected chi connectivity index (χ4v) is 1.57. The van der Waals surface area contributed by atoms with Crippen LogP contribution in [0.4, 0.5) is 5.82 Å². The highest BCUT2D eigenvalue weighted by molar-refractivity contribution is 5.35. The third-order valence-corrected chi connectivity index (χ3v) is 2.41. The van der Waals surface area contributed by atoms with Gasteiger partial charge in [-0.2, -0.15) is 0 Å². The van der Waals surface area contributed by atoms with Crippen molar-refractivity contribution >= 4 is 5.82 Å². The largest absolute Gasteiger partial charge is 0.379 e. The zero-order chi connectivity index (χ0) is 13.9. The van der Waals surface area contributed by atoms with E-state index < -0.39 is 0 Å². The summed E-state index contributed by atoms with van der Waals surface area (Å²) in [5, 5.41) is 3.26. The van der Waals surface area contributed by atoms with Gasteiger partial charge in [-0.25, -0.2) is 9.97 Å². The first-order valence-corrected chi connectivity index (χ1v) is 7.00. The van der Waals surface area contributed by atoms with Crippen molar-refractivity contribution in [1.82, 2.24) is 9.97 Å². The summed E-state index contributed by atoms with van der Waals surface area (Å²) in [6.45, 7) is 9.52. The van der Waals surface area contributed by atoms with Gasteiger partial charge in [0.25, 0.3) is 0 Å². The van der Waals surface area contributed by atoms with Gasteiger partial charge in [0.1, 0.15) is 12.4 Å². The van der Waals surface area contributed by atoms with E-state index in [2.05, 4.69) is 29.1 Å². The minimum absolute atomic E-state index is 0.429. The first-order chi connectivity index (χ1) is 9.26. The van der Waals surface area contributed by atoms with E-state index in [1.807, 2.05) is 13.0 Å². The Balaban J connectivity index is 2.34. The standard InChI is InChI=1S/C14H25N3O2/c1-4-6-15-13-10-12(3)16-14(17-13)11-19-9-8-18-7-5-2/h10H,4-9,11H2,1-3H3,(H,15,16,17). The van der Waals surface area contributed by atoms with Crippen LogP contribution in [0.15, 0.2) is 6.07 Å². The van der Waals surface area contributed by atoms with Crippen LogP contribution in [0.2, 0.25) is 0 Å². The third-order valence-electron chi connectivity index (χ3n) is 2.41. The van der Waals surface area contributed by atoms with E-state index >= 15 is 0 Å². The molecule has 1 aromatic rings. The van der Waals surface area contributed by atoms with Crippen molar-refractivity contribution in [2.24, 2.45) is 0 Å². The minimum Gasteiger partial charge on any atom is -0.379 e. The van der Waals surface area contributed by atoms with Crippen molar-refractivity contribution < 1.29 is 9.47 Å². The fourth-order valence-electron chi connectivity index (χ4n) is 1.57. The summed E-state index contributed by atoms with van der Waals surface area (Å²) in [6, 6.07) is 1.95. The van der Waals surface area contributed by atoms with E-state index in [1.165, 1.54) is 0 Å². The molecule has 0 amide bonds. The molecule has 0 saturated carbocycles. The van der Waals surface area contributed by atoms with E-state index in [4.69, 9.17) is 9.47 Å². The molecular formula is C14H25N3O2. The molecule has 0 radical (unpaired) electrons. The van der Waals surface area contributed by atoms with Gasteiger partial charge in [0.15, 0.2) is 5.82 Å². The molecule has 0 atom stereocenters. The maximum Gasteiger partial charge on any atom is 0.156 e. The lowest BCUT2D eigenvalue weighted by Crippen LogP contribution is -2.09. The lowest BCUT2D eigenvalue weighted by atomic mass is 10.4. The van der Waals surface area contributed by atoms with Crippen LogP contribution in [0, 0.1) is 6.92 Å². The lowest BCUT2D eigenvalue weighted by molar-refractivity contribution is 0.0385. The van der Waals surface area contributed by atoms with Gasteiger partial charge in [0, 0.05) is 24.9 Å². The van der Waals surface area contributed by atoms with Gasteiger partial charge in [-0.3, -0.25) is 0 Å². The Hall–Kier alpha value is -1.20. The van der Waals surface area contributed by atoms with Gasteiger partial charge in [-0.1, -0.05) is 13.8 Å². The summed E-state index contributed by atoms with van der Waals surface area (Å²) in [5.41, 5.74) is 0.953. The zero-order valence-corrected chi connectivity index (χ0v) is 12.2. The highest BCUT2D eigenvalue weighted by atomic mass is 16.5. The second-order valence-corrected chi connectivity index (χ2v) is 4.40. The summed E-state index contributed by atoms with van der Waals surface area (Å²) < 4.78 is 10.8. The molecule has 0 unspecified atom stereocenters. The van der Waals surface area contributed by atoms with Gasteiger partial charge in [0.05, 0.1) is 13.2 Å². The second kappa shape index (κ2) is 9.69. The molecule has 1 N–H and O–H groups in total. The van der Waals surface area contributed by atoms with Gasteiger partial charge >= 0.3 is 0 Å². The third kappa shape index (κ3) is 7.08. The van der Waals surface area contributed by atoms with E-state index in [9.17, 15) is 0 Å². The van der Waals surface area contributed by atoms with Crippen LogP contribution in [-0.2, 0) is 16.1 Å². The van der Waals surface area contributed by atoms with Crippen LogP contribution in [-0.4, -0.2) is 36.3 Å². The van der Waals surface area contributed by atoms with Gasteiger partial charge < -0.3 is 14.8 Å². The molecule has 1 heterocycles. The number of aromatic nitrogens is 2. The smallest absolute Gasteiger partial charge is 0.156 e. The van der Waals surface area contributed by atoms with Crippen LogP contribution in [0.25, 0.3) is 0 Å². The molecule has 19 heavy (non-hydrogen) atoms. The average Bonchev–Trinajstić information content (AvgIpc) is 2.40. The maximum atomic E-state index is 5.50. The molecule has 5 heteroatoms. The SMILES string of the molecule is CCCNc1cc(C)nc(COCCOCCC)n1. The number of hydrogen-bond donors (Lipinski definition) is 1. The molecule has 0 saturated heterocycles. The predicted molar refractivity (Wildman–Crippen MR) is 76.3 cm³/mol. The molecule has 0 aliphatic carbocycles. The monoisotopic (exact) mass is 267 g/mol. The van der Waals surface area contributed by atoms with Crippen LogP contribution in [0.3, 0.4) is 0 Å². The Labute approximate surface area is 115 Å². The summed E-state index contributed by atoms with van der Waals surface area (Å²) in [4.78, 5) is 8.78. The number of hydrogen-bond acceptors (Lipinski definition) is 5. The molecule has 0 fully saturated rings. The Morgan fingerprint density at radius 3 is 2.58 bits per heavy atom. The number of nitrogens with zero attached hydrogens (tertiary/aromatic N) is 2. The second-order valence-electron chi connectivity index (χ2n) is 4.40. The Bertz CT molecular complexity index is 359. The zero-order valence-electron chi connectivity index (χ0n) is 12.2. The molecule has 0 bridgehead atoms. The molecule has 1 aromatic heterocycles. The van der Waals surface area contributed by atoms with Gasteiger partial charge in [-0.15, -0.1) is 0 Å². The lowest BCUT2D eigenvalue weighted by Gasteiger charge is -2.08. The summed E-state index contributed by atoms with van der Waals surface area (Å²) in [7, 11) is 0. The summed E-state index contributed by atoms with van der Waals surface area (Å²) in [5.74, 6) is 1.59. The number of ether oxygens (including phenoxy) is 2. The van der Waals surface area contributed by atoms with E-state index in [-0.39, 0.29) is 0 Å². The normalized spacial score (nSPS) is 10.7. The van der Waals surface area contributed by atoms with Crippen LogP contribution in [0.5, 0.6) is 0 Å². The molecule has 0 aromatic carbocycles. The quantitative estimate of drug-likeness (QED) is 0.660. The number of anilines is 1. The van der Waals surface area contributed by atoms with Gasteiger partial charge in [0.2, 0.25) is 0 Å². The predicted octanol–water partition coefficient (Wildman–Crippen LogP) is 2.55. The van der Waals surface area contributed by atoms with Crippen LogP contribution in [0.1, 0.15) is 38.2 Å². The molecule has 0 aliphatic rings. The number of rotatable bonds is 10. The van der Waals surface area contributed by atoms with Crippen molar-refractivity contribution in [2.75, 3.05) is 31.7 Å². The maximum absolute atomic E-state index is 5.50. The van der Waals surface area contributed by atoms with Gasteiger partial charge in [-0.05, 0) is 19.8 Å². The van der Waals surface area contributed by atoms with E-state index in [1.54, 1.807) is 0 Å². The highest BCUT2D eigenvalue weighted by Gasteiger charge is 2.02. The molecule has 0 aliphatic heterocycles.